The van der Waals surface area contributed by atoms with Crippen molar-refractivity contribution in [1.29, 1.82) is 0 Å². The maximum Gasteiger partial charge on any atom is 0.362 e. The number of quaternary nitrogens is 1. The molecule has 0 amide bonds. The van der Waals surface area contributed by atoms with Gasteiger partial charge in [0, 0.05) is 19.3 Å². The highest BCUT2D eigenvalue weighted by atomic mass is 16.6. The molecule has 0 saturated heterocycles. The molecule has 0 fully saturated rings. The van der Waals surface area contributed by atoms with E-state index in [1.54, 1.807) is 0 Å². The molecule has 0 aromatic rings. The Kier molecular flexibility index (Phi) is 48.5. The lowest BCUT2D eigenvalue weighted by Gasteiger charge is -2.31. The van der Waals surface area contributed by atoms with Gasteiger partial charge in [-0.2, -0.15) is 0 Å². The van der Waals surface area contributed by atoms with Gasteiger partial charge in [-0.25, -0.2) is 4.79 Å². The molecular formula is C58H114NO7+. The van der Waals surface area contributed by atoms with Crippen LogP contribution >= 0.6 is 0 Å². The summed E-state index contributed by atoms with van der Waals surface area (Å²) < 4.78 is 17.4. The average Bonchev–Trinajstić information content (AvgIpc) is 3.28. The summed E-state index contributed by atoms with van der Waals surface area (Å²) >= 11 is 0. The van der Waals surface area contributed by atoms with Gasteiger partial charge in [-0.05, 0) is 12.8 Å². The highest BCUT2D eigenvalue weighted by Gasteiger charge is 2.31. The number of ether oxygens (including phenoxy) is 3. The molecule has 1 N–H and O–H groups in total. The average molecular weight is 938 g/mol. The molecule has 0 radical (unpaired) electrons. The van der Waals surface area contributed by atoms with Crippen LogP contribution in [0.3, 0.4) is 0 Å². The van der Waals surface area contributed by atoms with Gasteiger partial charge < -0.3 is 23.8 Å². The third kappa shape index (κ3) is 47.4. The van der Waals surface area contributed by atoms with E-state index in [0.29, 0.717) is 19.3 Å². The molecule has 8 nitrogen and oxygen atoms in total. The Balaban J connectivity index is 4.10. The molecule has 0 rings (SSSR count). The van der Waals surface area contributed by atoms with Crippen LogP contribution in [0.25, 0.3) is 0 Å². The van der Waals surface area contributed by atoms with Gasteiger partial charge in [-0.15, -0.1) is 0 Å². The first kappa shape index (κ1) is 64.3. The molecule has 2 atom stereocenters. The van der Waals surface area contributed by atoms with Crippen LogP contribution in [-0.2, 0) is 28.6 Å². The van der Waals surface area contributed by atoms with Crippen molar-refractivity contribution in [2.75, 3.05) is 41.0 Å². The second-order valence-electron chi connectivity index (χ2n) is 21.3. The van der Waals surface area contributed by atoms with Crippen LogP contribution in [0.15, 0.2) is 0 Å². The fourth-order valence-electron chi connectivity index (χ4n) is 9.27. The molecule has 0 saturated carbocycles. The Bertz CT molecular complexity index is 1050. The Morgan fingerprint density at radius 1 is 0.394 bits per heavy atom. The summed E-state index contributed by atoms with van der Waals surface area (Å²) in [4.78, 5) is 37.3. The highest BCUT2D eigenvalue weighted by Crippen LogP contribution is 2.18. The van der Waals surface area contributed by atoms with Crippen molar-refractivity contribution in [3.63, 3.8) is 0 Å². The summed E-state index contributed by atoms with van der Waals surface area (Å²) in [6, 6.07) is -0.609. The van der Waals surface area contributed by atoms with Crippen LogP contribution in [0.1, 0.15) is 303 Å². The van der Waals surface area contributed by atoms with Crippen molar-refractivity contribution >= 4 is 17.9 Å². The van der Waals surface area contributed by atoms with Gasteiger partial charge in [-0.3, -0.25) is 9.59 Å². The number of esters is 2. The van der Waals surface area contributed by atoms with E-state index in [4.69, 9.17) is 14.2 Å². The Hall–Kier alpha value is -1.67. The number of carboxylic acid groups (broad SMARTS) is 1. The predicted molar refractivity (Wildman–Crippen MR) is 280 cm³/mol. The minimum Gasteiger partial charge on any atom is -0.477 e. The molecule has 8 heteroatoms. The summed E-state index contributed by atoms with van der Waals surface area (Å²) in [6.45, 7) is 4.82. The molecule has 0 heterocycles. The number of hydrogen-bond acceptors (Lipinski definition) is 6. The van der Waals surface area contributed by atoms with Crippen molar-refractivity contribution in [2.24, 2.45) is 0 Å². The topological polar surface area (TPSA) is 99.1 Å². The third-order valence-electron chi connectivity index (χ3n) is 13.8. The molecule has 0 aliphatic rings. The fourth-order valence-corrected chi connectivity index (χ4v) is 9.27. The highest BCUT2D eigenvalue weighted by molar-refractivity contribution is 5.72. The van der Waals surface area contributed by atoms with Crippen molar-refractivity contribution in [2.45, 2.75) is 315 Å². The molecule has 2 unspecified atom stereocenters. The maximum atomic E-state index is 12.8. The first-order valence-electron chi connectivity index (χ1n) is 29.1. The lowest BCUT2D eigenvalue weighted by Crippen LogP contribution is -2.50. The maximum absolute atomic E-state index is 12.8. The molecule has 0 aliphatic heterocycles. The second kappa shape index (κ2) is 49.7. The molecule has 0 aliphatic carbocycles. The van der Waals surface area contributed by atoms with Crippen molar-refractivity contribution < 1.29 is 38.2 Å². The number of nitrogens with zero attached hydrogens (tertiary/aromatic N) is 1. The van der Waals surface area contributed by atoms with Gasteiger partial charge in [0.2, 0.25) is 0 Å². The van der Waals surface area contributed by atoms with Gasteiger partial charge in [0.1, 0.15) is 6.61 Å². The number of aliphatic carboxylic acids is 1. The molecule has 66 heavy (non-hydrogen) atoms. The molecule has 0 aromatic carbocycles. The van der Waals surface area contributed by atoms with Gasteiger partial charge >= 0.3 is 17.9 Å². The Morgan fingerprint density at radius 3 is 0.939 bits per heavy atom. The molecular weight excluding hydrogens is 823 g/mol. The number of likely N-dealkylation sites (N-methyl/N-ethyl adjacent to an activating group) is 1. The number of rotatable bonds is 54. The zero-order valence-corrected chi connectivity index (χ0v) is 44.9. The minimum absolute atomic E-state index is 0.0409. The van der Waals surface area contributed by atoms with E-state index in [0.717, 1.165) is 38.5 Å². The molecule has 0 spiro atoms. The largest absolute Gasteiger partial charge is 0.477 e. The van der Waals surface area contributed by atoms with Crippen molar-refractivity contribution in [1.82, 2.24) is 0 Å². The van der Waals surface area contributed by atoms with Gasteiger partial charge in [0.25, 0.3) is 0 Å². The predicted octanol–water partition coefficient (Wildman–Crippen LogP) is 17.2. The van der Waals surface area contributed by atoms with Gasteiger partial charge in [-0.1, -0.05) is 271 Å². The van der Waals surface area contributed by atoms with E-state index in [2.05, 4.69) is 13.8 Å². The van der Waals surface area contributed by atoms with E-state index in [1.165, 1.54) is 231 Å². The van der Waals surface area contributed by atoms with Gasteiger partial charge in [0.05, 0.1) is 34.4 Å². The summed E-state index contributed by atoms with van der Waals surface area (Å²) in [5.41, 5.74) is 0. The van der Waals surface area contributed by atoms with Crippen LogP contribution < -0.4 is 0 Å². The first-order chi connectivity index (χ1) is 32.1. The van der Waals surface area contributed by atoms with E-state index in [9.17, 15) is 19.5 Å². The molecule has 0 aromatic heterocycles. The lowest BCUT2D eigenvalue weighted by molar-refractivity contribution is -0.887. The Labute approximate surface area is 410 Å². The third-order valence-corrected chi connectivity index (χ3v) is 13.8. The smallest absolute Gasteiger partial charge is 0.362 e. The summed E-state index contributed by atoms with van der Waals surface area (Å²) in [5, 5.41) is 9.68. The normalized spacial score (nSPS) is 12.7. The van der Waals surface area contributed by atoms with Crippen molar-refractivity contribution in [3.8, 4) is 0 Å². The van der Waals surface area contributed by atoms with Crippen LogP contribution in [0, 0.1) is 0 Å². The molecule has 392 valence electrons. The van der Waals surface area contributed by atoms with Crippen molar-refractivity contribution in [3.05, 3.63) is 0 Å². The first-order valence-corrected chi connectivity index (χ1v) is 29.1. The number of unbranched alkanes of at least 4 members (excludes halogenated alkanes) is 40. The van der Waals surface area contributed by atoms with Gasteiger partial charge in [0.15, 0.2) is 12.1 Å². The number of carbonyl (C=O) groups is 3. The quantitative estimate of drug-likeness (QED) is 0.0368. The fraction of sp³-hybridized carbons (Fsp3) is 0.948. The minimum atomic E-state index is -0.867. The Morgan fingerprint density at radius 2 is 0.667 bits per heavy atom. The zero-order chi connectivity index (χ0) is 48.4. The summed E-state index contributed by atoms with van der Waals surface area (Å²) in [5.74, 6) is -1.43. The lowest BCUT2D eigenvalue weighted by atomic mass is 10.0. The van der Waals surface area contributed by atoms with Crippen LogP contribution in [0.2, 0.25) is 0 Å². The van der Waals surface area contributed by atoms with Crippen LogP contribution in [0.4, 0.5) is 0 Å². The standard InChI is InChI=1S/C58H113NO7/c1-6-8-10-12-14-16-18-20-22-24-26-27-28-29-31-33-35-37-39-41-43-45-47-49-57(61)66-54(52-64-51-50-55(58(62)63)59(3,4)5)53-65-56(60)48-46-44-42-40-38-36-34-32-30-25-23-21-19-17-15-13-11-9-7-2/h54-55H,6-53H2,1-5H3/p+1. The molecule has 0 bridgehead atoms. The van der Waals surface area contributed by atoms with Crippen LogP contribution in [0.5, 0.6) is 0 Å². The zero-order valence-electron chi connectivity index (χ0n) is 44.9. The van der Waals surface area contributed by atoms with E-state index in [1.807, 2.05) is 21.1 Å². The number of hydrogen-bond donors (Lipinski definition) is 1. The SMILES string of the molecule is CCCCCCCCCCCCCCCCCCCCCCCCCC(=O)OC(COCCC(C(=O)O)[N+](C)(C)C)COC(=O)CCCCCCCCCCCCCCCCCCCCC. The van der Waals surface area contributed by atoms with E-state index >= 15 is 0 Å². The van der Waals surface area contributed by atoms with Crippen LogP contribution in [-0.4, -0.2) is 80.6 Å². The summed E-state index contributed by atoms with van der Waals surface area (Å²) in [7, 11) is 5.56. The van der Waals surface area contributed by atoms with E-state index < -0.39 is 18.1 Å². The number of carboxylic acids is 1. The second-order valence-corrected chi connectivity index (χ2v) is 21.3. The monoisotopic (exact) mass is 937 g/mol. The number of carbonyl (C=O) groups excluding carboxylic acids is 2. The summed E-state index contributed by atoms with van der Waals surface area (Å²) in [6.07, 6.45) is 55.9. The van der Waals surface area contributed by atoms with E-state index in [-0.39, 0.29) is 36.2 Å².